The molecule has 1 fully saturated rings. The molecule has 0 unspecified atom stereocenters. The summed E-state index contributed by atoms with van der Waals surface area (Å²) in [6.45, 7) is 4.18. The second-order valence-electron chi connectivity index (χ2n) is 8.12. The molecule has 0 saturated heterocycles. The van der Waals surface area contributed by atoms with Gasteiger partial charge in [-0.15, -0.1) is 0 Å². The summed E-state index contributed by atoms with van der Waals surface area (Å²) < 4.78 is 6.78. The van der Waals surface area contributed by atoms with Crippen molar-refractivity contribution in [2.24, 2.45) is 0 Å². The minimum Gasteiger partial charge on any atom is -0.484 e. The Hall–Kier alpha value is -2.34. The van der Waals surface area contributed by atoms with Crippen molar-refractivity contribution in [3.8, 4) is 5.75 Å². The van der Waals surface area contributed by atoms with Gasteiger partial charge in [0.2, 0.25) is 5.91 Å². The summed E-state index contributed by atoms with van der Waals surface area (Å²) in [6.07, 6.45) is 4.87. The summed E-state index contributed by atoms with van der Waals surface area (Å²) >= 11 is 3.47. The molecule has 0 spiro atoms. The van der Waals surface area contributed by atoms with Crippen LogP contribution < -0.4 is 10.1 Å². The van der Waals surface area contributed by atoms with E-state index in [-0.39, 0.29) is 24.5 Å². The number of amides is 2. The minimum absolute atomic E-state index is 0.0711. The molecule has 0 heterocycles. The fraction of sp³-hybridized carbons (Fsp3) is 0.440. The smallest absolute Gasteiger partial charge is 0.261 e. The highest BCUT2D eigenvalue weighted by atomic mass is 79.9. The van der Waals surface area contributed by atoms with Gasteiger partial charge in [0.05, 0.1) is 0 Å². The number of hydrogen-bond acceptors (Lipinski definition) is 3. The first-order valence-corrected chi connectivity index (χ1v) is 11.8. The molecule has 2 aromatic carbocycles. The highest BCUT2D eigenvalue weighted by Gasteiger charge is 2.30. The number of ether oxygens (including phenoxy) is 1. The van der Waals surface area contributed by atoms with E-state index in [1.165, 1.54) is 0 Å². The van der Waals surface area contributed by atoms with E-state index in [0.29, 0.717) is 18.7 Å². The van der Waals surface area contributed by atoms with Gasteiger partial charge in [-0.2, -0.15) is 0 Å². The van der Waals surface area contributed by atoms with Crippen LogP contribution in [0.1, 0.15) is 50.2 Å². The number of nitrogens with one attached hydrogen (secondary N) is 1. The third kappa shape index (κ3) is 6.57. The first-order valence-electron chi connectivity index (χ1n) is 11.0. The molecule has 1 aliphatic rings. The lowest BCUT2D eigenvalue weighted by atomic mass is 10.1. The van der Waals surface area contributed by atoms with E-state index in [2.05, 4.69) is 21.2 Å². The highest BCUT2D eigenvalue weighted by molar-refractivity contribution is 9.10. The second kappa shape index (κ2) is 11.3. The molecule has 0 radical (unpaired) electrons. The predicted octanol–water partition coefficient (Wildman–Crippen LogP) is 5.00. The number of rotatable bonds is 9. The summed E-state index contributed by atoms with van der Waals surface area (Å²) in [7, 11) is 0. The number of nitrogens with zero attached hydrogens (tertiary/aromatic N) is 1. The fourth-order valence-corrected chi connectivity index (χ4v) is 4.25. The van der Waals surface area contributed by atoms with Crippen LogP contribution in [0, 0.1) is 6.92 Å². The molecule has 0 aromatic heterocycles. The third-order valence-electron chi connectivity index (χ3n) is 5.77. The van der Waals surface area contributed by atoms with E-state index in [4.69, 9.17) is 4.74 Å². The topological polar surface area (TPSA) is 58.6 Å². The first kappa shape index (κ1) is 23.3. The summed E-state index contributed by atoms with van der Waals surface area (Å²) in [6, 6.07) is 15.1. The van der Waals surface area contributed by atoms with Crippen molar-refractivity contribution < 1.29 is 14.3 Å². The van der Waals surface area contributed by atoms with Gasteiger partial charge in [-0.3, -0.25) is 9.59 Å². The van der Waals surface area contributed by atoms with E-state index in [1.54, 1.807) is 4.90 Å². The molecule has 1 aliphatic carbocycles. The molecule has 166 valence electrons. The molecule has 31 heavy (non-hydrogen) atoms. The van der Waals surface area contributed by atoms with E-state index >= 15 is 0 Å². The number of carbonyl (C=O) groups is 2. The Morgan fingerprint density at radius 1 is 1.16 bits per heavy atom. The summed E-state index contributed by atoms with van der Waals surface area (Å²) in [5.74, 6) is 0.369. The predicted molar refractivity (Wildman–Crippen MR) is 126 cm³/mol. The largest absolute Gasteiger partial charge is 0.484 e. The normalized spacial score (nSPS) is 14.8. The molecule has 2 aromatic rings. The molecule has 5 nitrogen and oxygen atoms in total. The molecular weight excluding hydrogens is 456 g/mol. The maximum Gasteiger partial charge on any atom is 0.261 e. The van der Waals surface area contributed by atoms with Crippen molar-refractivity contribution in [1.29, 1.82) is 0 Å². The van der Waals surface area contributed by atoms with Crippen molar-refractivity contribution in [1.82, 2.24) is 10.2 Å². The van der Waals surface area contributed by atoms with Crippen LogP contribution in [-0.4, -0.2) is 35.4 Å². The van der Waals surface area contributed by atoms with E-state index < -0.39 is 6.04 Å². The number of benzene rings is 2. The van der Waals surface area contributed by atoms with Crippen LogP contribution in [0.2, 0.25) is 0 Å². The molecule has 0 bridgehead atoms. The lowest BCUT2D eigenvalue weighted by Crippen LogP contribution is -2.52. The van der Waals surface area contributed by atoms with Crippen LogP contribution in [0.25, 0.3) is 0 Å². The zero-order valence-corrected chi connectivity index (χ0v) is 19.9. The van der Waals surface area contributed by atoms with Crippen molar-refractivity contribution in [3.05, 3.63) is 64.1 Å². The molecule has 1 atom stereocenters. The van der Waals surface area contributed by atoms with Gasteiger partial charge in [-0.05, 0) is 55.5 Å². The van der Waals surface area contributed by atoms with Crippen LogP contribution in [0.4, 0.5) is 0 Å². The zero-order chi connectivity index (χ0) is 22.2. The number of halogens is 1. The van der Waals surface area contributed by atoms with Gasteiger partial charge in [-0.1, -0.05) is 66.0 Å². The van der Waals surface area contributed by atoms with Crippen LogP contribution in [0.5, 0.6) is 5.75 Å². The lowest BCUT2D eigenvalue weighted by Gasteiger charge is -2.31. The Labute approximate surface area is 193 Å². The Morgan fingerprint density at radius 2 is 1.87 bits per heavy atom. The molecular formula is C25H31BrN2O3. The van der Waals surface area contributed by atoms with E-state index in [0.717, 1.165) is 41.3 Å². The maximum atomic E-state index is 13.2. The van der Waals surface area contributed by atoms with Crippen LogP contribution >= 0.6 is 15.9 Å². The van der Waals surface area contributed by atoms with Crippen LogP contribution in [-0.2, 0) is 16.1 Å². The summed E-state index contributed by atoms with van der Waals surface area (Å²) in [4.78, 5) is 28.0. The Morgan fingerprint density at radius 3 is 2.52 bits per heavy atom. The average molecular weight is 487 g/mol. The van der Waals surface area contributed by atoms with Crippen LogP contribution in [0.3, 0.4) is 0 Å². The summed E-state index contributed by atoms with van der Waals surface area (Å²) in [5, 5.41) is 3.16. The molecule has 3 rings (SSSR count). The van der Waals surface area contributed by atoms with Crippen molar-refractivity contribution in [3.63, 3.8) is 0 Å². The van der Waals surface area contributed by atoms with Gasteiger partial charge in [0.15, 0.2) is 6.61 Å². The SMILES string of the molecule is CC[C@H](C(=O)NC1CCCC1)N(Cc1ccccc1)C(=O)COc1ccc(Br)c(C)c1. The summed E-state index contributed by atoms with van der Waals surface area (Å²) in [5.41, 5.74) is 2.02. The Kier molecular flexibility index (Phi) is 8.52. The van der Waals surface area contributed by atoms with Crippen LogP contribution in [0.15, 0.2) is 53.0 Å². The first-order chi connectivity index (χ1) is 15.0. The van der Waals surface area contributed by atoms with Gasteiger partial charge in [0, 0.05) is 17.1 Å². The van der Waals surface area contributed by atoms with Gasteiger partial charge in [-0.25, -0.2) is 0 Å². The highest BCUT2D eigenvalue weighted by Crippen LogP contribution is 2.22. The van der Waals surface area contributed by atoms with Gasteiger partial charge < -0.3 is 15.0 Å². The zero-order valence-electron chi connectivity index (χ0n) is 18.3. The molecule has 6 heteroatoms. The van der Waals surface area contributed by atoms with Gasteiger partial charge >= 0.3 is 0 Å². The van der Waals surface area contributed by atoms with Crippen molar-refractivity contribution >= 4 is 27.7 Å². The quantitative estimate of drug-likeness (QED) is 0.542. The molecule has 1 saturated carbocycles. The monoisotopic (exact) mass is 486 g/mol. The van der Waals surface area contributed by atoms with Gasteiger partial charge in [0.25, 0.3) is 5.91 Å². The Bertz CT molecular complexity index is 882. The molecule has 2 amide bonds. The number of carbonyl (C=O) groups excluding carboxylic acids is 2. The fourth-order valence-electron chi connectivity index (χ4n) is 4.00. The average Bonchev–Trinajstić information content (AvgIpc) is 3.28. The van der Waals surface area contributed by atoms with Crippen molar-refractivity contribution in [2.45, 2.75) is 64.6 Å². The van der Waals surface area contributed by atoms with E-state index in [1.807, 2.05) is 62.4 Å². The van der Waals surface area contributed by atoms with Gasteiger partial charge in [0.1, 0.15) is 11.8 Å². The Balaban J connectivity index is 1.73. The molecule has 0 aliphatic heterocycles. The standard InChI is InChI=1S/C25H31BrN2O3/c1-3-23(25(30)27-20-11-7-8-12-20)28(16-19-9-5-4-6-10-19)24(29)17-31-21-13-14-22(26)18(2)15-21/h4-6,9-10,13-15,20,23H,3,7-8,11-12,16-17H2,1-2H3,(H,27,30)/t23-/m1/s1. The second-order valence-corrected chi connectivity index (χ2v) is 8.98. The number of hydrogen-bond donors (Lipinski definition) is 1. The molecule has 1 N–H and O–H groups in total. The maximum absolute atomic E-state index is 13.2. The minimum atomic E-state index is -0.524. The van der Waals surface area contributed by atoms with Crippen molar-refractivity contribution in [2.75, 3.05) is 6.61 Å². The lowest BCUT2D eigenvalue weighted by molar-refractivity contribution is -0.143. The number of aryl methyl sites for hydroxylation is 1. The van der Waals surface area contributed by atoms with E-state index in [9.17, 15) is 9.59 Å². The third-order valence-corrected chi connectivity index (χ3v) is 6.66.